The molecular weight excluding hydrogens is 284 g/mol. The van der Waals surface area contributed by atoms with E-state index in [4.69, 9.17) is 4.74 Å². The average Bonchev–Trinajstić information content (AvgIpc) is 2.76. The zero-order chi connectivity index (χ0) is 16.8. The number of aliphatic hydroxyl groups excluding tert-OH is 1. The third-order valence-corrected chi connectivity index (χ3v) is 2.92. The molecule has 1 atom stereocenters. The lowest BCUT2D eigenvalue weighted by Gasteiger charge is -2.28. The average molecular weight is 312 g/mol. The van der Waals surface area contributed by atoms with E-state index >= 15 is 0 Å². The first-order valence-electron chi connectivity index (χ1n) is 7.52. The van der Waals surface area contributed by atoms with Crippen LogP contribution in [-0.2, 0) is 18.3 Å². The van der Waals surface area contributed by atoms with Crippen molar-refractivity contribution in [2.24, 2.45) is 7.05 Å². The lowest BCUT2D eigenvalue weighted by Crippen LogP contribution is -2.43. The molecule has 126 valence electrons. The molecule has 0 bridgehead atoms. The number of hydrogen-bond donors (Lipinski definition) is 2. The summed E-state index contributed by atoms with van der Waals surface area (Å²) in [7, 11) is 1.89. The quantitative estimate of drug-likeness (QED) is 0.738. The molecule has 0 saturated carbocycles. The fraction of sp³-hybridized carbons (Fsp3) is 0.733. The maximum Gasteiger partial charge on any atom is 0.410 e. The first-order valence-corrected chi connectivity index (χ1v) is 7.52. The highest BCUT2D eigenvalue weighted by Crippen LogP contribution is 2.10. The van der Waals surface area contributed by atoms with Crippen LogP contribution in [0.5, 0.6) is 0 Å². The highest BCUT2D eigenvalue weighted by atomic mass is 16.6. The van der Waals surface area contributed by atoms with E-state index in [0.717, 1.165) is 5.69 Å². The molecule has 7 nitrogen and oxygen atoms in total. The topological polar surface area (TPSA) is 79.6 Å². The van der Waals surface area contributed by atoms with E-state index in [1.54, 1.807) is 17.8 Å². The van der Waals surface area contributed by atoms with Crippen molar-refractivity contribution in [2.45, 2.75) is 45.9 Å². The van der Waals surface area contributed by atoms with Gasteiger partial charge in [-0.3, -0.25) is 4.68 Å². The normalized spacial score (nSPS) is 13.0. The fourth-order valence-electron chi connectivity index (χ4n) is 1.91. The van der Waals surface area contributed by atoms with Gasteiger partial charge in [0.25, 0.3) is 0 Å². The van der Waals surface area contributed by atoms with Gasteiger partial charge in [0, 0.05) is 39.4 Å². The molecule has 2 N–H and O–H groups in total. The van der Waals surface area contributed by atoms with Crippen molar-refractivity contribution in [3.63, 3.8) is 0 Å². The number of nitrogens with one attached hydrogen (secondary N) is 1. The molecule has 1 heterocycles. The van der Waals surface area contributed by atoms with Crippen molar-refractivity contribution in [2.75, 3.05) is 19.6 Å². The zero-order valence-corrected chi connectivity index (χ0v) is 14.2. The van der Waals surface area contributed by atoms with Gasteiger partial charge in [-0.15, -0.1) is 0 Å². The Kier molecular flexibility index (Phi) is 6.83. The predicted molar refractivity (Wildman–Crippen MR) is 84.4 cm³/mol. The number of carbonyl (C=O) groups is 1. The van der Waals surface area contributed by atoms with Crippen molar-refractivity contribution in [1.82, 2.24) is 20.0 Å². The number of aliphatic hydroxyl groups is 1. The summed E-state index contributed by atoms with van der Waals surface area (Å²) in [6, 6.07) is 1.94. The molecule has 0 aliphatic rings. The SMILES string of the molecule is CC(O)CN(CCNCc1ccnn1C)C(=O)OC(C)(C)C. The Morgan fingerprint density at radius 3 is 2.73 bits per heavy atom. The third kappa shape index (κ3) is 6.91. The number of amides is 1. The summed E-state index contributed by atoms with van der Waals surface area (Å²) in [5, 5.41) is 16.9. The first kappa shape index (κ1) is 18.4. The molecule has 1 aromatic rings. The summed E-state index contributed by atoms with van der Waals surface area (Å²) in [6.07, 6.45) is 0.748. The molecule has 1 amide bonds. The molecule has 0 aliphatic heterocycles. The van der Waals surface area contributed by atoms with E-state index in [0.29, 0.717) is 19.6 Å². The van der Waals surface area contributed by atoms with Gasteiger partial charge in [0.05, 0.1) is 11.8 Å². The van der Waals surface area contributed by atoms with Gasteiger partial charge in [-0.25, -0.2) is 4.79 Å². The van der Waals surface area contributed by atoms with Crippen LogP contribution < -0.4 is 5.32 Å². The summed E-state index contributed by atoms with van der Waals surface area (Å²) in [5.74, 6) is 0. The minimum Gasteiger partial charge on any atom is -0.444 e. The van der Waals surface area contributed by atoms with Crippen LogP contribution in [0.4, 0.5) is 4.79 Å². The molecule has 0 spiro atoms. The van der Waals surface area contributed by atoms with Crippen molar-refractivity contribution >= 4 is 6.09 Å². The maximum absolute atomic E-state index is 12.1. The number of hydrogen-bond acceptors (Lipinski definition) is 5. The van der Waals surface area contributed by atoms with Crippen LogP contribution in [0.2, 0.25) is 0 Å². The molecule has 1 unspecified atom stereocenters. The molecule has 7 heteroatoms. The molecule has 0 fully saturated rings. The van der Waals surface area contributed by atoms with Gasteiger partial charge < -0.3 is 20.1 Å². The van der Waals surface area contributed by atoms with Crippen LogP contribution in [0.3, 0.4) is 0 Å². The summed E-state index contributed by atoms with van der Waals surface area (Å²) in [4.78, 5) is 13.6. The second-order valence-corrected chi connectivity index (χ2v) is 6.40. The Labute approximate surface area is 132 Å². The molecule has 1 aromatic heterocycles. The molecule has 0 radical (unpaired) electrons. The van der Waals surface area contributed by atoms with E-state index < -0.39 is 17.8 Å². The number of aromatic nitrogens is 2. The van der Waals surface area contributed by atoms with Gasteiger partial charge in [-0.1, -0.05) is 0 Å². The highest BCUT2D eigenvalue weighted by Gasteiger charge is 2.22. The van der Waals surface area contributed by atoms with Crippen LogP contribution in [0.1, 0.15) is 33.4 Å². The van der Waals surface area contributed by atoms with Gasteiger partial charge in [0.2, 0.25) is 0 Å². The van der Waals surface area contributed by atoms with E-state index in [9.17, 15) is 9.90 Å². The van der Waals surface area contributed by atoms with Crippen LogP contribution in [0, 0.1) is 0 Å². The van der Waals surface area contributed by atoms with Crippen molar-refractivity contribution in [3.8, 4) is 0 Å². The van der Waals surface area contributed by atoms with Gasteiger partial charge in [0.15, 0.2) is 0 Å². The third-order valence-electron chi connectivity index (χ3n) is 2.92. The number of ether oxygens (including phenoxy) is 1. The Balaban J connectivity index is 2.44. The van der Waals surface area contributed by atoms with Gasteiger partial charge >= 0.3 is 6.09 Å². The maximum atomic E-state index is 12.1. The Bertz CT molecular complexity index is 466. The smallest absolute Gasteiger partial charge is 0.410 e. The lowest BCUT2D eigenvalue weighted by atomic mass is 10.2. The molecular formula is C15H28N4O3. The molecule has 0 saturated heterocycles. The van der Waals surface area contributed by atoms with Crippen LogP contribution in [0.25, 0.3) is 0 Å². The van der Waals surface area contributed by atoms with Crippen molar-refractivity contribution < 1.29 is 14.6 Å². The second-order valence-electron chi connectivity index (χ2n) is 6.40. The van der Waals surface area contributed by atoms with Crippen molar-refractivity contribution in [3.05, 3.63) is 18.0 Å². The zero-order valence-electron chi connectivity index (χ0n) is 14.2. The van der Waals surface area contributed by atoms with Gasteiger partial charge in [0.1, 0.15) is 5.60 Å². The fourth-order valence-corrected chi connectivity index (χ4v) is 1.91. The standard InChI is InChI=1S/C15H28N4O3/c1-12(20)11-19(14(21)22-15(2,3)4)9-8-16-10-13-6-7-17-18(13)5/h6-7,12,16,20H,8-11H2,1-5H3. The molecule has 0 aromatic carbocycles. The number of rotatable bonds is 7. The van der Waals surface area contributed by atoms with E-state index in [1.807, 2.05) is 33.9 Å². The minimum absolute atomic E-state index is 0.252. The Morgan fingerprint density at radius 2 is 2.23 bits per heavy atom. The summed E-state index contributed by atoms with van der Waals surface area (Å²) < 4.78 is 7.16. The summed E-state index contributed by atoms with van der Waals surface area (Å²) >= 11 is 0. The monoisotopic (exact) mass is 312 g/mol. The van der Waals surface area contributed by atoms with Crippen molar-refractivity contribution in [1.29, 1.82) is 0 Å². The van der Waals surface area contributed by atoms with Gasteiger partial charge in [-0.2, -0.15) is 5.10 Å². The van der Waals surface area contributed by atoms with Crippen LogP contribution >= 0.6 is 0 Å². The Morgan fingerprint density at radius 1 is 1.55 bits per heavy atom. The molecule has 0 aliphatic carbocycles. The number of aryl methyl sites for hydroxylation is 1. The largest absolute Gasteiger partial charge is 0.444 e. The van der Waals surface area contributed by atoms with E-state index in [-0.39, 0.29) is 6.54 Å². The van der Waals surface area contributed by atoms with Crippen LogP contribution in [-0.4, -0.2) is 57.2 Å². The molecule has 1 rings (SSSR count). The molecule has 22 heavy (non-hydrogen) atoms. The lowest BCUT2D eigenvalue weighted by molar-refractivity contribution is 0.0164. The summed E-state index contributed by atoms with van der Waals surface area (Å²) in [5.41, 5.74) is 0.523. The predicted octanol–water partition coefficient (Wildman–Crippen LogP) is 1.13. The van der Waals surface area contributed by atoms with Crippen LogP contribution in [0.15, 0.2) is 12.3 Å². The van der Waals surface area contributed by atoms with E-state index in [1.165, 1.54) is 4.90 Å². The number of nitrogens with zero attached hydrogens (tertiary/aromatic N) is 3. The summed E-state index contributed by atoms with van der Waals surface area (Å²) in [6.45, 7) is 9.13. The minimum atomic E-state index is -0.593. The first-order chi connectivity index (χ1) is 10.2. The van der Waals surface area contributed by atoms with E-state index in [2.05, 4.69) is 10.4 Å². The highest BCUT2D eigenvalue weighted by molar-refractivity contribution is 5.68. The second kappa shape index (κ2) is 8.14. The number of carbonyl (C=O) groups excluding carboxylic acids is 1. The Hall–Kier alpha value is -1.60. The van der Waals surface area contributed by atoms with Gasteiger partial charge in [-0.05, 0) is 33.8 Å².